The van der Waals surface area contributed by atoms with Crippen molar-refractivity contribution < 1.29 is 9.53 Å². The Morgan fingerprint density at radius 2 is 2.32 bits per heavy atom. The van der Waals surface area contributed by atoms with Crippen LogP contribution in [0.5, 0.6) is 5.75 Å². The third-order valence-corrected chi connectivity index (χ3v) is 4.47. The summed E-state index contributed by atoms with van der Waals surface area (Å²) < 4.78 is 6.09. The summed E-state index contributed by atoms with van der Waals surface area (Å²) in [7, 11) is 1.64. The van der Waals surface area contributed by atoms with E-state index in [-0.39, 0.29) is 5.41 Å². The number of hydrogen-bond donors (Lipinski definition) is 1. The Bertz CT molecular complexity index is 467. The normalized spacial score (nSPS) is 23.1. The summed E-state index contributed by atoms with van der Waals surface area (Å²) in [5.41, 5.74) is 0.814. The van der Waals surface area contributed by atoms with Crippen LogP contribution in [0.15, 0.2) is 22.7 Å². The standard InChI is InChI=1S/C15H20BrNO2/c1-15(6-3-7-17-10-15)14(18)9-11-4-5-13(19-2)12(16)8-11/h4-5,8,17H,3,6-7,9-10H2,1-2H3. The summed E-state index contributed by atoms with van der Waals surface area (Å²) in [5, 5.41) is 3.32. The van der Waals surface area contributed by atoms with E-state index in [0.717, 1.165) is 41.7 Å². The molecular formula is C15H20BrNO2. The fraction of sp³-hybridized carbons (Fsp3) is 0.533. The predicted octanol–water partition coefficient (Wildman–Crippen LogP) is 2.96. The van der Waals surface area contributed by atoms with Crippen molar-refractivity contribution >= 4 is 21.7 Å². The zero-order valence-electron chi connectivity index (χ0n) is 11.5. The van der Waals surface area contributed by atoms with Gasteiger partial charge in [-0.2, -0.15) is 0 Å². The molecule has 1 atom stereocenters. The van der Waals surface area contributed by atoms with Crippen LogP contribution in [0.4, 0.5) is 0 Å². The van der Waals surface area contributed by atoms with Gasteiger partial charge in [0.2, 0.25) is 0 Å². The highest BCUT2D eigenvalue weighted by atomic mass is 79.9. The Hall–Kier alpha value is -0.870. The number of methoxy groups -OCH3 is 1. The molecule has 1 unspecified atom stereocenters. The summed E-state index contributed by atoms with van der Waals surface area (Å²) in [5.74, 6) is 1.11. The molecule has 0 aromatic heterocycles. The first-order chi connectivity index (χ1) is 9.05. The number of nitrogens with one attached hydrogen (secondary N) is 1. The lowest BCUT2D eigenvalue weighted by Gasteiger charge is -2.32. The lowest BCUT2D eigenvalue weighted by atomic mass is 9.77. The van der Waals surface area contributed by atoms with E-state index in [1.54, 1.807) is 7.11 Å². The molecule has 4 heteroatoms. The molecule has 1 aromatic carbocycles. The molecule has 1 aliphatic heterocycles. The smallest absolute Gasteiger partial charge is 0.144 e. The first kappa shape index (κ1) is 14.5. The quantitative estimate of drug-likeness (QED) is 0.924. The van der Waals surface area contributed by atoms with Crippen LogP contribution >= 0.6 is 15.9 Å². The Labute approximate surface area is 122 Å². The average molecular weight is 326 g/mol. The van der Waals surface area contributed by atoms with E-state index in [2.05, 4.69) is 28.2 Å². The number of benzene rings is 1. The van der Waals surface area contributed by atoms with Crippen LogP contribution in [0.3, 0.4) is 0 Å². The second kappa shape index (κ2) is 6.06. The van der Waals surface area contributed by atoms with Gasteiger partial charge < -0.3 is 10.1 Å². The number of ketones is 1. The van der Waals surface area contributed by atoms with Crippen LogP contribution in [0, 0.1) is 5.41 Å². The Kier molecular flexibility index (Phi) is 4.63. The first-order valence-electron chi connectivity index (χ1n) is 6.61. The third-order valence-electron chi connectivity index (χ3n) is 3.85. The molecule has 104 valence electrons. The summed E-state index contributed by atoms with van der Waals surface area (Å²) in [4.78, 5) is 12.5. The summed E-state index contributed by atoms with van der Waals surface area (Å²) in [6.45, 7) is 3.89. The SMILES string of the molecule is COc1ccc(CC(=O)C2(C)CCCNC2)cc1Br. The van der Waals surface area contributed by atoms with Crippen molar-refractivity contribution in [3.63, 3.8) is 0 Å². The van der Waals surface area contributed by atoms with Gasteiger partial charge in [-0.1, -0.05) is 13.0 Å². The minimum absolute atomic E-state index is 0.218. The number of hydrogen-bond acceptors (Lipinski definition) is 3. The van der Waals surface area contributed by atoms with Crippen molar-refractivity contribution in [3.8, 4) is 5.75 Å². The number of ether oxygens (including phenoxy) is 1. The number of Topliss-reactive ketones (excluding diaryl/α,β-unsaturated/α-hetero) is 1. The summed E-state index contributed by atoms with van der Waals surface area (Å²) in [6, 6.07) is 5.83. The summed E-state index contributed by atoms with van der Waals surface area (Å²) >= 11 is 3.46. The van der Waals surface area contributed by atoms with Crippen LogP contribution in [0.1, 0.15) is 25.3 Å². The van der Waals surface area contributed by atoms with E-state index < -0.39 is 0 Å². The number of rotatable bonds is 4. The maximum absolute atomic E-state index is 12.5. The van der Waals surface area contributed by atoms with Crippen LogP contribution in [-0.4, -0.2) is 26.0 Å². The number of carbonyl (C=O) groups excluding carboxylic acids is 1. The molecule has 0 spiro atoms. The molecule has 0 radical (unpaired) electrons. The van der Waals surface area contributed by atoms with Crippen molar-refractivity contribution in [2.75, 3.05) is 20.2 Å². The molecule has 19 heavy (non-hydrogen) atoms. The molecule has 1 fully saturated rings. The molecule has 1 saturated heterocycles. The van der Waals surface area contributed by atoms with Gasteiger partial charge in [0, 0.05) is 18.4 Å². The molecule has 3 nitrogen and oxygen atoms in total. The monoisotopic (exact) mass is 325 g/mol. The van der Waals surface area contributed by atoms with Crippen molar-refractivity contribution in [3.05, 3.63) is 28.2 Å². The lowest BCUT2D eigenvalue weighted by molar-refractivity contribution is -0.128. The van der Waals surface area contributed by atoms with E-state index >= 15 is 0 Å². The largest absolute Gasteiger partial charge is 0.496 e. The fourth-order valence-corrected chi connectivity index (χ4v) is 3.10. The van der Waals surface area contributed by atoms with Gasteiger partial charge >= 0.3 is 0 Å². The molecule has 1 aromatic rings. The minimum Gasteiger partial charge on any atom is -0.496 e. The van der Waals surface area contributed by atoms with Gasteiger partial charge in [-0.15, -0.1) is 0 Å². The summed E-state index contributed by atoms with van der Waals surface area (Å²) in [6.07, 6.45) is 2.55. The van der Waals surface area contributed by atoms with Crippen molar-refractivity contribution in [2.45, 2.75) is 26.2 Å². The van der Waals surface area contributed by atoms with Gasteiger partial charge in [-0.3, -0.25) is 4.79 Å². The van der Waals surface area contributed by atoms with E-state index in [4.69, 9.17) is 4.74 Å². The molecule has 1 heterocycles. The van der Waals surface area contributed by atoms with Gasteiger partial charge in [0.05, 0.1) is 11.6 Å². The van der Waals surface area contributed by atoms with E-state index in [9.17, 15) is 4.79 Å². The maximum atomic E-state index is 12.5. The second-order valence-corrected chi connectivity index (χ2v) is 6.26. The van der Waals surface area contributed by atoms with E-state index in [0.29, 0.717) is 12.2 Å². The fourth-order valence-electron chi connectivity index (χ4n) is 2.51. The molecule has 0 amide bonds. The van der Waals surface area contributed by atoms with E-state index in [1.165, 1.54) is 0 Å². The Balaban J connectivity index is 2.08. The Morgan fingerprint density at radius 1 is 1.53 bits per heavy atom. The number of halogens is 1. The third kappa shape index (κ3) is 3.37. The van der Waals surface area contributed by atoms with Gasteiger partial charge in [0.1, 0.15) is 11.5 Å². The van der Waals surface area contributed by atoms with Crippen LogP contribution in [0.2, 0.25) is 0 Å². The molecular weight excluding hydrogens is 306 g/mol. The van der Waals surface area contributed by atoms with Gasteiger partial charge in [0.15, 0.2) is 0 Å². The second-order valence-electron chi connectivity index (χ2n) is 5.41. The molecule has 0 saturated carbocycles. The van der Waals surface area contributed by atoms with E-state index in [1.807, 2.05) is 18.2 Å². The number of piperidine rings is 1. The highest BCUT2D eigenvalue weighted by Gasteiger charge is 2.33. The number of carbonyl (C=O) groups is 1. The zero-order chi connectivity index (χ0) is 13.9. The van der Waals surface area contributed by atoms with Gasteiger partial charge in [0.25, 0.3) is 0 Å². The molecule has 0 aliphatic carbocycles. The Morgan fingerprint density at radius 3 is 2.89 bits per heavy atom. The highest BCUT2D eigenvalue weighted by Crippen LogP contribution is 2.30. The van der Waals surface area contributed by atoms with Gasteiger partial charge in [-0.25, -0.2) is 0 Å². The lowest BCUT2D eigenvalue weighted by Crippen LogP contribution is -2.44. The topological polar surface area (TPSA) is 38.3 Å². The maximum Gasteiger partial charge on any atom is 0.144 e. The average Bonchev–Trinajstić information content (AvgIpc) is 2.40. The van der Waals surface area contributed by atoms with Crippen LogP contribution < -0.4 is 10.1 Å². The van der Waals surface area contributed by atoms with Crippen LogP contribution in [0.25, 0.3) is 0 Å². The van der Waals surface area contributed by atoms with Crippen molar-refractivity contribution in [2.24, 2.45) is 5.41 Å². The van der Waals surface area contributed by atoms with Crippen molar-refractivity contribution in [1.29, 1.82) is 0 Å². The van der Waals surface area contributed by atoms with Crippen molar-refractivity contribution in [1.82, 2.24) is 5.32 Å². The zero-order valence-corrected chi connectivity index (χ0v) is 13.0. The van der Waals surface area contributed by atoms with Crippen LogP contribution in [-0.2, 0) is 11.2 Å². The predicted molar refractivity (Wildman–Crippen MR) is 79.6 cm³/mol. The molecule has 1 aliphatic rings. The molecule has 2 rings (SSSR count). The minimum atomic E-state index is -0.218. The van der Waals surface area contributed by atoms with Gasteiger partial charge in [-0.05, 0) is 53.0 Å². The first-order valence-corrected chi connectivity index (χ1v) is 7.41. The molecule has 0 bridgehead atoms. The molecule has 1 N–H and O–H groups in total. The highest BCUT2D eigenvalue weighted by molar-refractivity contribution is 9.10.